The van der Waals surface area contributed by atoms with Gasteiger partial charge in [-0.2, -0.15) is 13.2 Å². The Balaban J connectivity index is 2.19. The Bertz CT molecular complexity index is 1200. The van der Waals surface area contributed by atoms with Gasteiger partial charge in [0, 0.05) is 23.3 Å². The molecule has 1 aromatic carbocycles. The SMILES string of the molecule is Cc1cc([C@@H](N[S+]([O-])C(C)(C)C)[C@@H]2CC[C@@H](c3cc(C)ncc3Cl)N2C(=O)OC(C)(C)C)cc(C(F)(F)F)c1. The maximum atomic E-state index is 13.8. The maximum absolute atomic E-state index is 13.8. The van der Waals surface area contributed by atoms with E-state index in [-0.39, 0.29) is 5.56 Å². The summed E-state index contributed by atoms with van der Waals surface area (Å²) in [6.45, 7) is 13.9. The predicted octanol–water partition coefficient (Wildman–Crippen LogP) is 7.60. The Kier molecular flexibility index (Phi) is 9.27. The molecular weight excluding hydrogens is 551 g/mol. The first kappa shape index (κ1) is 31.5. The van der Waals surface area contributed by atoms with Crippen molar-refractivity contribution in [2.75, 3.05) is 0 Å². The maximum Gasteiger partial charge on any atom is 0.416 e. The van der Waals surface area contributed by atoms with Crippen molar-refractivity contribution in [2.24, 2.45) is 0 Å². The van der Waals surface area contributed by atoms with E-state index in [0.717, 1.165) is 12.1 Å². The monoisotopic (exact) mass is 587 g/mol. The number of hydrogen-bond donors (Lipinski definition) is 1. The average molecular weight is 588 g/mol. The minimum Gasteiger partial charge on any atom is -0.598 e. The number of nitrogens with zero attached hydrogens (tertiary/aromatic N) is 2. The van der Waals surface area contributed by atoms with Crippen LogP contribution < -0.4 is 4.72 Å². The van der Waals surface area contributed by atoms with Gasteiger partial charge in [0.05, 0.1) is 28.7 Å². The summed E-state index contributed by atoms with van der Waals surface area (Å²) >= 11 is 4.87. The lowest BCUT2D eigenvalue weighted by Gasteiger charge is -2.38. The fourth-order valence-electron chi connectivity index (χ4n) is 4.68. The highest BCUT2D eigenvalue weighted by Crippen LogP contribution is 2.45. The van der Waals surface area contributed by atoms with Crippen molar-refractivity contribution in [1.82, 2.24) is 14.6 Å². The van der Waals surface area contributed by atoms with Crippen molar-refractivity contribution >= 4 is 29.1 Å². The van der Waals surface area contributed by atoms with E-state index in [0.29, 0.717) is 34.7 Å². The fourth-order valence-corrected chi connectivity index (χ4v) is 5.79. The second-order valence-corrected chi connectivity index (χ2v) is 14.4. The number of benzene rings is 1. The van der Waals surface area contributed by atoms with Gasteiger partial charge < -0.3 is 9.29 Å². The van der Waals surface area contributed by atoms with Crippen LogP contribution in [-0.2, 0) is 22.3 Å². The lowest BCUT2D eigenvalue weighted by molar-refractivity contribution is -0.137. The molecule has 11 heteroatoms. The molecule has 1 aromatic heterocycles. The van der Waals surface area contributed by atoms with Crippen LogP contribution in [0.1, 0.15) is 94.4 Å². The van der Waals surface area contributed by atoms with Gasteiger partial charge in [-0.25, -0.2) is 4.79 Å². The molecule has 1 aliphatic heterocycles. The van der Waals surface area contributed by atoms with Crippen molar-refractivity contribution in [1.29, 1.82) is 0 Å². The average Bonchev–Trinajstić information content (AvgIpc) is 3.20. The number of hydrogen-bond acceptors (Lipinski definition) is 5. The Labute approximate surface area is 237 Å². The van der Waals surface area contributed by atoms with E-state index in [4.69, 9.17) is 16.3 Å². The van der Waals surface area contributed by atoms with Gasteiger partial charge in [-0.1, -0.05) is 23.2 Å². The summed E-state index contributed by atoms with van der Waals surface area (Å²) in [5.41, 5.74) is 0.441. The van der Waals surface area contributed by atoms with Crippen molar-refractivity contribution in [3.63, 3.8) is 0 Å². The third-order valence-electron chi connectivity index (χ3n) is 6.38. The molecule has 0 spiro atoms. The highest BCUT2D eigenvalue weighted by molar-refractivity contribution is 7.90. The van der Waals surface area contributed by atoms with E-state index < -0.39 is 57.7 Å². The van der Waals surface area contributed by atoms with Crippen molar-refractivity contribution in [2.45, 2.75) is 103 Å². The molecule has 1 amide bonds. The number of pyridine rings is 1. The summed E-state index contributed by atoms with van der Waals surface area (Å²) in [5, 5.41) is 0.373. The number of carbonyl (C=O) groups excluding carboxylic acids is 1. The van der Waals surface area contributed by atoms with Gasteiger partial charge >= 0.3 is 12.3 Å². The number of alkyl halides is 3. The second-order valence-electron chi connectivity index (χ2n) is 12.0. The third kappa shape index (κ3) is 7.80. The lowest BCUT2D eigenvalue weighted by atomic mass is 9.95. The van der Waals surface area contributed by atoms with Crippen LogP contribution in [0.3, 0.4) is 0 Å². The van der Waals surface area contributed by atoms with Gasteiger partial charge in [-0.3, -0.25) is 9.88 Å². The molecule has 0 saturated carbocycles. The highest BCUT2D eigenvalue weighted by atomic mass is 35.5. The van der Waals surface area contributed by atoms with E-state index in [9.17, 15) is 22.5 Å². The molecule has 0 radical (unpaired) electrons. The zero-order valence-corrected chi connectivity index (χ0v) is 25.1. The second kappa shape index (κ2) is 11.5. The molecule has 1 fully saturated rings. The predicted molar refractivity (Wildman–Crippen MR) is 148 cm³/mol. The Morgan fingerprint density at radius 1 is 1.13 bits per heavy atom. The number of aryl methyl sites for hydroxylation is 2. The Morgan fingerprint density at radius 3 is 2.33 bits per heavy atom. The van der Waals surface area contributed by atoms with Crippen LogP contribution in [0.5, 0.6) is 0 Å². The largest absolute Gasteiger partial charge is 0.598 e. The Morgan fingerprint density at radius 2 is 1.77 bits per heavy atom. The van der Waals surface area contributed by atoms with Gasteiger partial charge in [0.25, 0.3) is 0 Å². The van der Waals surface area contributed by atoms with Crippen molar-refractivity contribution in [3.05, 3.63) is 63.4 Å². The molecule has 2 heterocycles. The number of nitrogens with one attached hydrogen (secondary N) is 1. The van der Waals surface area contributed by atoms with Crippen LogP contribution in [0.15, 0.2) is 30.5 Å². The van der Waals surface area contributed by atoms with Crippen LogP contribution in [0.2, 0.25) is 5.02 Å². The minimum absolute atomic E-state index is 0.288. The number of aromatic nitrogens is 1. The number of ether oxygens (including phenoxy) is 1. The van der Waals surface area contributed by atoms with E-state index in [1.165, 1.54) is 6.20 Å². The molecular formula is C28H37ClF3N3O3S. The topological polar surface area (TPSA) is 77.5 Å². The number of carbonyl (C=O) groups is 1. The minimum atomic E-state index is -4.57. The first-order valence-electron chi connectivity index (χ1n) is 12.8. The molecule has 1 saturated heterocycles. The van der Waals surface area contributed by atoms with Crippen LogP contribution in [0, 0.1) is 13.8 Å². The zero-order valence-electron chi connectivity index (χ0n) is 23.6. The summed E-state index contributed by atoms with van der Waals surface area (Å²) < 4.78 is 62.9. The van der Waals surface area contributed by atoms with Crippen LogP contribution >= 0.6 is 11.6 Å². The van der Waals surface area contributed by atoms with Crippen molar-refractivity contribution < 1.29 is 27.3 Å². The molecule has 39 heavy (non-hydrogen) atoms. The molecule has 1 aliphatic rings. The van der Waals surface area contributed by atoms with Gasteiger partial charge in [0.15, 0.2) is 0 Å². The van der Waals surface area contributed by atoms with Crippen LogP contribution in [0.4, 0.5) is 18.0 Å². The first-order valence-corrected chi connectivity index (χ1v) is 14.3. The molecule has 0 aliphatic carbocycles. The smallest absolute Gasteiger partial charge is 0.416 e. The normalized spacial score (nSPS) is 20.2. The lowest BCUT2D eigenvalue weighted by Crippen LogP contribution is -2.50. The van der Waals surface area contributed by atoms with E-state index in [2.05, 4.69) is 9.71 Å². The molecule has 4 atom stereocenters. The van der Waals surface area contributed by atoms with Crippen LogP contribution in [-0.4, -0.2) is 36.9 Å². The number of amides is 1. The highest BCUT2D eigenvalue weighted by Gasteiger charge is 2.47. The number of rotatable bonds is 5. The summed E-state index contributed by atoms with van der Waals surface area (Å²) in [6.07, 6.45) is -2.79. The van der Waals surface area contributed by atoms with E-state index in [1.54, 1.807) is 65.5 Å². The van der Waals surface area contributed by atoms with Crippen LogP contribution in [0.25, 0.3) is 0 Å². The van der Waals surface area contributed by atoms with E-state index >= 15 is 0 Å². The molecule has 1 unspecified atom stereocenters. The third-order valence-corrected chi connectivity index (χ3v) is 8.27. The first-order chi connectivity index (χ1) is 17.8. The standard InChI is InChI=1S/C28H37ClF3N3O3S/c1-16-11-18(14-19(12-16)28(30,31)32)24(34-39(37)27(6,7)8)23-10-9-22(20-13-17(2)33-15-21(20)29)35(23)25(36)38-26(3,4)5/h11-15,22-24,34H,9-10H2,1-8H3/t22-,23-,24+,39?/m0/s1. The van der Waals surface area contributed by atoms with Gasteiger partial charge in [-0.15, -0.1) is 4.72 Å². The molecule has 6 nitrogen and oxygen atoms in total. The summed E-state index contributed by atoms with van der Waals surface area (Å²) in [7, 11) is 0. The van der Waals surface area contributed by atoms with Gasteiger partial charge in [-0.05, 0) is 97.6 Å². The van der Waals surface area contributed by atoms with E-state index in [1.807, 2.05) is 6.92 Å². The molecule has 1 N–H and O–H groups in total. The zero-order chi connectivity index (χ0) is 29.5. The molecule has 2 aromatic rings. The number of halogens is 4. The van der Waals surface area contributed by atoms with Crippen molar-refractivity contribution in [3.8, 4) is 0 Å². The molecule has 3 rings (SSSR count). The summed E-state index contributed by atoms with van der Waals surface area (Å²) in [5.74, 6) is 0. The Hall–Kier alpha value is -2.01. The number of likely N-dealkylation sites (tertiary alicyclic amines) is 1. The summed E-state index contributed by atoms with van der Waals surface area (Å²) in [6, 6.07) is 3.50. The molecule has 216 valence electrons. The molecule has 0 bridgehead atoms. The fraction of sp³-hybridized carbons (Fsp3) is 0.571. The summed E-state index contributed by atoms with van der Waals surface area (Å²) in [4.78, 5) is 19.5. The van der Waals surface area contributed by atoms with Gasteiger partial charge in [0.1, 0.15) is 10.3 Å². The quantitative estimate of drug-likeness (QED) is 0.364. The van der Waals surface area contributed by atoms with Gasteiger partial charge in [0.2, 0.25) is 0 Å².